The lowest BCUT2D eigenvalue weighted by Gasteiger charge is -2.21. The zero-order valence-electron chi connectivity index (χ0n) is 9.53. The first-order chi connectivity index (χ1) is 7.33. The average Bonchev–Trinajstić information content (AvgIpc) is 3.09. The number of nitrogens with one attached hydrogen (secondary N) is 1. The first-order valence-corrected chi connectivity index (χ1v) is 5.69. The van der Waals surface area contributed by atoms with E-state index in [9.17, 15) is 0 Å². The van der Waals surface area contributed by atoms with Crippen molar-refractivity contribution in [2.45, 2.75) is 32.4 Å². The van der Waals surface area contributed by atoms with Gasteiger partial charge in [0.25, 0.3) is 0 Å². The largest absolute Gasteiger partial charge is 0.371 e. The Morgan fingerprint density at radius 3 is 3.00 bits per heavy atom. The first kappa shape index (κ1) is 10.4. The van der Waals surface area contributed by atoms with Gasteiger partial charge in [-0.2, -0.15) is 0 Å². The summed E-state index contributed by atoms with van der Waals surface area (Å²) < 4.78 is 0. The zero-order chi connectivity index (χ0) is 10.7. The van der Waals surface area contributed by atoms with E-state index in [0.717, 1.165) is 19.1 Å². The maximum Gasteiger partial charge on any atom is 0.0442 e. The molecule has 0 spiro atoms. The number of hydrogen-bond acceptors (Lipinski definition) is 3. The molecule has 1 aliphatic rings. The minimum atomic E-state index is 0.757. The summed E-state index contributed by atoms with van der Waals surface area (Å²) in [7, 11) is 2.18. The van der Waals surface area contributed by atoms with Crippen LogP contribution in [0.15, 0.2) is 18.5 Å². The van der Waals surface area contributed by atoms with E-state index in [-0.39, 0.29) is 0 Å². The highest BCUT2D eigenvalue weighted by molar-refractivity contribution is 5.53. The number of hydrogen-bond donors (Lipinski definition) is 1. The third-order valence-corrected chi connectivity index (χ3v) is 2.92. The van der Waals surface area contributed by atoms with Crippen molar-refractivity contribution >= 4 is 5.69 Å². The molecule has 1 aromatic heterocycles. The molecule has 0 saturated heterocycles. The van der Waals surface area contributed by atoms with E-state index >= 15 is 0 Å². The highest BCUT2D eigenvalue weighted by Crippen LogP contribution is 2.31. The number of anilines is 1. The molecule has 3 heteroatoms. The van der Waals surface area contributed by atoms with Gasteiger partial charge in [0, 0.05) is 43.3 Å². The SMILES string of the molecule is CCNCc1cnccc1N(C)C1CC1. The van der Waals surface area contributed by atoms with Gasteiger partial charge >= 0.3 is 0 Å². The van der Waals surface area contributed by atoms with E-state index in [1.54, 1.807) is 0 Å². The van der Waals surface area contributed by atoms with Gasteiger partial charge in [0.05, 0.1) is 0 Å². The first-order valence-electron chi connectivity index (χ1n) is 5.69. The molecule has 0 amide bonds. The lowest BCUT2D eigenvalue weighted by molar-refractivity contribution is 0.720. The van der Waals surface area contributed by atoms with Crippen molar-refractivity contribution in [3.63, 3.8) is 0 Å². The van der Waals surface area contributed by atoms with E-state index in [1.807, 2.05) is 12.4 Å². The molecule has 1 aromatic rings. The highest BCUT2D eigenvalue weighted by Gasteiger charge is 2.27. The molecule has 82 valence electrons. The van der Waals surface area contributed by atoms with Gasteiger partial charge < -0.3 is 10.2 Å². The summed E-state index contributed by atoms with van der Waals surface area (Å²) in [6.07, 6.45) is 6.51. The lowest BCUT2D eigenvalue weighted by atomic mass is 10.2. The molecule has 1 saturated carbocycles. The lowest BCUT2D eigenvalue weighted by Crippen LogP contribution is -2.23. The number of pyridine rings is 1. The maximum absolute atomic E-state index is 4.19. The minimum absolute atomic E-state index is 0.757. The van der Waals surface area contributed by atoms with Crippen LogP contribution in [0.3, 0.4) is 0 Å². The van der Waals surface area contributed by atoms with Crippen LogP contribution in [0.2, 0.25) is 0 Å². The summed E-state index contributed by atoms with van der Waals surface area (Å²) in [5.41, 5.74) is 2.63. The van der Waals surface area contributed by atoms with Crippen LogP contribution in [-0.4, -0.2) is 24.6 Å². The molecule has 1 fully saturated rings. The fourth-order valence-electron chi connectivity index (χ4n) is 1.82. The summed E-state index contributed by atoms with van der Waals surface area (Å²) in [4.78, 5) is 6.58. The van der Waals surface area contributed by atoms with Crippen molar-refractivity contribution in [2.24, 2.45) is 0 Å². The van der Waals surface area contributed by atoms with E-state index in [2.05, 4.69) is 35.2 Å². The van der Waals surface area contributed by atoms with Crippen LogP contribution in [0, 0.1) is 0 Å². The number of rotatable bonds is 5. The van der Waals surface area contributed by atoms with Gasteiger partial charge in [-0.1, -0.05) is 6.92 Å². The Bertz CT molecular complexity index is 320. The van der Waals surface area contributed by atoms with Crippen molar-refractivity contribution in [3.05, 3.63) is 24.0 Å². The van der Waals surface area contributed by atoms with E-state index in [4.69, 9.17) is 0 Å². The number of aromatic nitrogens is 1. The van der Waals surface area contributed by atoms with Crippen LogP contribution >= 0.6 is 0 Å². The topological polar surface area (TPSA) is 28.2 Å². The van der Waals surface area contributed by atoms with Crippen molar-refractivity contribution in [3.8, 4) is 0 Å². The molecule has 0 aliphatic heterocycles. The highest BCUT2D eigenvalue weighted by atomic mass is 15.2. The van der Waals surface area contributed by atoms with E-state index in [1.165, 1.54) is 24.1 Å². The molecule has 0 aromatic carbocycles. The smallest absolute Gasteiger partial charge is 0.0442 e. The van der Waals surface area contributed by atoms with Crippen LogP contribution in [0.1, 0.15) is 25.3 Å². The van der Waals surface area contributed by atoms with Gasteiger partial charge in [0.15, 0.2) is 0 Å². The molecule has 0 atom stereocenters. The Morgan fingerprint density at radius 1 is 1.53 bits per heavy atom. The van der Waals surface area contributed by atoms with Crippen LogP contribution in [-0.2, 0) is 6.54 Å². The predicted molar refractivity (Wildman–Crippen MR) is 63.0 cm³/mol. The molecule has 1 N–H and O–H groups in total. The monoisotopic (exact) mass is 205 g/mol. The maximum atomic E-state index is 4.19. The van der Waals surface area contributed by atoms with E-state index < -0.39 is 0 Å². The van der Waals surface area contributed by atoms with Crippen molar-refractivity contribution in [2.75, 3.05) is 18.5 Å². The second-order valence-corrected chi connectivity index (χ2v) is 4.13. The zero-order valence-corrected chi connectivity index (χ0v) is 9.53. The molecule has 1 aliphatic carbocycles. The van der Waals surface area contributed by atoms with Crippen molar-refractivity contribution < 1.29 is 0 Å². The minimum Gasteiger partial charge on any atom is -0.371 e. The van der Waals surface area contributed by atoms with Gasteiger partial charge in [-0.25, -0.2) is 0 Å². The van der Waals surface area contributed by atoms with Crippen molar-refractivity contribution in [1.82, 2.24) is 10.3 Å². The van der Waals surface area contributed by atoms with E-state index in [0.29, 0.717) is 0 Å². The molecular weight excluding hydrogens is 186 g/mol. The van der Waals surface area contributed by atoms with Gasteiger partial charge in [-0.3, -0.25) is 4.98 Å². The molecule has 0 radical (unpaired) electrons. The Balaban J connectivity index is 2.12. The third-order valence-electron chi connectivity index (χ3n) is 2.92. The summed E-state index contributed by atoms with van der Waals surface area (Å²) >= 11 is 0. The average molecular weight is 205 g/mol. The molecule has 2 rings (SSSR count). The second kappa shape index (κ2) is 4.62. The van der Waals surface area contributed by atoms with Gasteiger partial charge in [-0.15, -0.1) is 0 Å². The molecule has 0 bridgehead atoms. The molecule has 1 heterocycles. The molecular formula is C12H19N3. The molecule has 15 heavy (non-hydrogen) atoms. The normalized spacial score (nSPS) is 15.3. The van der Waals surface area contributed by atoms with Crippen LogP contribution in [0.5, 0.6) is 0 Å². The summed E-state index contributed by atoms with van der Waals surface area (Å²) in [6, 6.07) is 2.87. The van der Waals surface area contributed by atoms with Gasteiger partial charge in [-0.05, 0) is 25.5 Å². The van der Waals surface area contributed by atoms with Crippen LogP contribution < -0.4 is 10.2 Å². The fraction of sp³-hybridized carbons (Fsp3) is 0.583. The quantitative estimate of drug-likeness (QED) is 0.794. The second-order valence-electron chi connectivity index (χ2n) is 4.13. The molecule has 0 unspecified atom stereocenters. The van der Waals surface area contributed by atoms with Gasteiger partial charge in [0.2, 0.25) is 0 Å². The predicted octanol–water partition coefficient (Wildman–Crippen LogP) is 1.79. The summed E-state index contributed by atoms with van der Waals surface area (Å²) in [5.74, 6) is 0. The summed E-state index contributed by atoms with van der Waals surface area (Å²) in [5, 5.41) is 3.35. The number of nitrogens with zero attached hydrogens (tertiary/aromatic N) is 2. The Morgan fingerprint density at radius 2 is 2.33 bits per heavy atom. The summed E-state index contributed by atoms with van der Waals surface area (Å²) in [6.45, 7) is 4.04. The van der Waals surface area contributed by atoms with Crippen molar-refractivity contribution in [1.29, 1.82) is 0 Å². The third kappa shape index (κ3) is 2.48. The Hall–Kier alpha value is -1.09. The van der Waals surface area contributed by atoms with Crippen LogP contribution in [0.25, 0.3) is 0 Å². The Labute approximate surface area is 91.5 Å². The Kier molecular flexibility index (Phi) is 3.21. The van der Waals surface area contributed by atoms with Gasteiger partial charge in [0.1, 0.15) is 0 Å². The molecule has 3 nitrogen and oxygen atoms in total. The fourth-order valence-corrected chi connectivity index (χ4v) is 1.82. The standard InChI is InChI=1S/C12H19N3/c1-3-13-8-10-9-14-7-6-12(10)15(2)11-4-5-11/h6-7,9,11,13H,3-5,8H2,1-2H3. The van der Waals surface area contributed by atoms with Crippen LogP contribution in [0.4, 0.5) is 5.69 Å².